The summed E-state index contributed by atoms with van der Waals surface area (Å²) < 4.78 is 7.81. The van der Waals surface area contributed by atoms with Gasteiger partial charge in [0.15, 0.2) is 0 Å². The van der Waals surface area contributed by atoms with E-state index < -0.39 is 0 Å². The minimum absolute atomic E-state index is 0.734. The van der Waals surface area contributed by atoms with Gasteiger partial charge in [-0.15, -0.1) is 5.10 Å². The third-order valence-corrected chi connectivity index (χ3v) is 3.45. The second-order valence-electron chi connectivity index (χ2n) is 4.53. The normalized spacial score (nSPS) is 15.0. The molecule has 2 heterocycles. The monoisotopic (exact) mass is 237 g/mol. The van der Waals surface area contributed by atoms with Crippen molar-refractivity contribution in [3.63, 3.8) is 0 Å². The molecule has 0 radical (unpaired) electrons. The summed E-state index contributed by atoms with van der Waals surface area (Å²) in [5.41, 5.74) is 1.33. The van der Waals surface area contributed by atoms with Gasteiger partial charge in [0.1, 0.15) is 6.61 Å². The van der Waals surface area contributed by atoms with Gasteiger partial charge >= 0.3 is 0 Å². The van der Waals surface area contributed by atoms with Crippen LogP contribution in [0.2, 0.25) is 0 Å². The highest BCUT2D eigenvalue weighted by atomic mass is 16.5. The number of ether oxygens (including phenoxy) is 1. The fourth-order valence-electron chi connectivity index (χ4n) is 2.28. The van der Waals surface area contributed by atoms with E-state index >= 15 is 0 Å². The highest BCUT2D eigenvalue weighted by Crippen LogP contribution is 2.19. The maximum Gasteiger partial charge on any atom is 0.233 e. The van der Waals surface area contributed by atoms with Crippen molar-refractivity contribution in [1.82, 2.24) is 14.7 Å². The standard InChI is InChI=1S/C13H23N3O/c1-3-15(4-2)9-10-17-13-11-12-7-5-6-8-16(12)14-13/h11H,3-10H2,1-2H3. The lowest BCUT2D eigenvalue weighted by atomic mass is 10.1. The molecule has 1 aliphatic heterocycles. The smallest absolute Gasteiger partial charge is 0.233 e. The number of fused-ring (bicyclic) bond motifs is 1. The number of aryl methyl sites for hydroxylation is 2. The van der Waals surface area contributed by atoms with E-state index in [4.69, 9.17) is 4.74 Å². The van der Waals surface area contributed by atoms with Crippen molar-refractivity contribution in [1.29, 1.82) is 0 Å². The van der Waals surface area contributed by atoms with Gasteiger partial charge in [0, 0.05) is 24.8 Å². The molecule has 0 fully saturated rings. The molecule has 96 valence electrons. The third kappa shape index (κ3) is 3.22. The maximum atomic E-state index is 5.72. The van der Waals surface area contributed by atoms with E-state index in [0.29, 0.717) is 0 Å². The molecule has 1 aromatic rings. The van der Waals surface area contributed by atoms with E-state index in [1.807, 2.05) is 0 Å². The van der Waals surface area contributed by atoms with Crippen LogP contribution in [0.1, 0.15) is 32.4 Å². The van der Waals surface area contributed by atoms with Crippen molar-refractivity contribution >= 4 is 0 Å². The van der Waals surface area contributed by atoms with Gasteiger partial charge in [-0.25, -0.2) is 0 Å². The minimum Gasteiger partial charge on any atom is -0.475 e. The highest BCUT2D eigenvalue weighted by molar-refractivity contribution is 5.16. The van der Waals surface area contributed by atoms with Crippen molar-refractivity contribution in [2.75, 3.05) is 26.2 Å². The summed E-state index contributed by atoms with van der Waals surface area (Å²) in [7, 11) is 0. The topological polar surface area (TPSA) is 30.3 Å². The third-order valence-electron chi connectivity index (χ3n) is 3.45. The van der Waals surface area contributed by atoms with Crippen molar-refractivity contribution in [3.05, 3.63) is 11.8 Å². The molecule has 1 aromatic heterocycles. The molecule has 0 aliphatic carbocycles. The predicted molar refractivity (Wildman–Crippen MR) is 68.4 cm³/mol. The summed E-state index contributed by atoms with van der Waals surface area (Å²) in [6.07, 6.45) is 3.67. The zero-order valence-corrected chi connectivity index (χ0v) is 11.0. The van der Waals surface area contributed by atoms with Crippen LogP contribution in [0.25, 0.3) is 0 Å². The summed E-state index contributed by atoms with van der Waals surface area (Å²) in [4.78, 5) is 2.36. The van der Waals surface area contributed by atoms with E-state index in [1.165, 1.54) is 18.5 Å². The molecule has 0 saturated carbocycles. The highest BCUT2D eigenvalue weighted by Gasteiger charge is 2.12. The van der Waals surface area contributed by atoms with Crippen molar-refractivity contribution in [3.8, 4) is 5.88 Å². The van der Waals surface area contributed by atoms with Crippen molar-refractivity contribution < 1.29 is 4.74 Å². The molecule has 4 nitrogen and oxygen atoms in total. The zero-order valence-electron chi connectivity index (χ0n) is 11.0. The molecule has 4 heteroatoms. The van der Waals surface area contributed by atoms with Crippen LogP contribution < -0.4 is 4.74 Å². The second kappa shape index (κ2) is 6.05. The number of rotatable bonds is 6. The first-order valence-corrected chi connectivity index (χ1v) is 6.75. The Hall–Kier alpha value is -1.03. The van der Waals surface area contributed by atoms with Gasteiger partial charge < -0.3 is 9.64 Å². The van der Waals surface area contributed by atoms with Crippen LogP contribution in [0.15, 0.2) is 6.07 Å². The van der Waals surface area contributed by atoms with Gasteiger partial charge in [0.05, 0.1) is 0 Å². The maximum absolute atomic E-state index is 5.72. The molecule has 17 heavy (non-hydrogen) atoms. The molecular formula is C13H23N3O. The SMILES string of the molecule is CCN(CC)CCOc1cc2n(n1)CCCC2. The van der Waals surface area contributed by atoms with Crippen LogP contribution in [0.4, 0.5) is 0 Å². The van der Waals surface area contributed by atoms with Crippen molar-refractivity contribution in [2.24, 2.45) is 0 Å². The number of hydrogen-bond acceptors (Lipinski definition) is 3. The molecule has 0 atom stereocenters. The Bertz CT molecular complexity index is 321. The summed E-state index contributed by atoms with van der Waals surface area (Å²) in [5, 5.41) is 4.48. The van der Waals surface area contributed by atoms with Crippen LogP contribution in [0.5, 0.6) is 5.88 Å². The first-order chi connectivity index (χ1) is 8.33. The van der Waals surface area contributed by atoms with Gasteiger partial charge in [-0.05, 0) is 32.4 Å². The molecular weight excluding hydrogens is 214 g/mol. The number of nitrogens with zero attached hydrogens (tertiary/aromatic N) is 3. The molecule has 0 bridgehead atoms. The largest absolute Gasteiger partial charge is 0.475 e. The summed E-state index contributed by atoms with van der Waals surface area (Å²) >= 11 is 0. The molecule has 0 amide bonds. The molecule has 2 rings (SSSR count). The molecule has 0 saturated heterocycles. The second-order valence-corrected chi connectivity index (χ2v) is 4.53. The number of hydrogen-bond donors (Lipinski definition) is 0. The lowest BCUT2D eigenvalue weighted by Crippen LogP contribution is -2.27. The number of likely N-dealkylation sites (N-methyl/N-ethyl adjacent to an activating group) is 1. The molecule has 1 aliphatic rings. The average Bonchev–Trinajstić information content (AvgIpc) is 2.77. The summed E-state index contributed by atoms with van der Waals surface area (Å²) in [5.74, 6) is 0.800. The van der Waals surface area contributed by atoms with Crippen LogP contribution in [-0.4, -0.2) is 40.9 Å². The zero-order chi connectivity index (χ0) is 12.1. The molecule has 0 spiro atoms. The lowest BCUT2D eigenvalue weighted by Gasteiger charge is -2.17. The van der Waals surface area contributed by atoms with Crippen LogP contribution in [-0.2, 0) is 13.0 Å². The minimum atomic E-state index is 0.734. The Morgan fingerprint density at radius 1 is 1.35 bits per heavy atom. The Kier molecular flexibility index (Phi) is 4.42. The van der Waals surface area contributed by atoms with Gasteiger partial charge in [-0.2, -0.15) is 0 Å². The quantitative estimate of drug-likeness (QED) is 0.757. The molecule has 0 aromatic carbocycles. The first-order valence-electron chi connectivity index (χ1n) is 6.75. The van der Waals surface area contributed by atoms with E-state index in [-0.39, 0.29) is 0 Å². The van der Waals surface area contributed by atoms with Gasteiger partial charge in [0.2, 0.25) is 5.88 Å². The van der Waals surface area contributed by atoms with Crippen LogP contribution >= 0.6 is 0 Å². The van der Waals surface area contributed by atoms with Gasteiger partial charge in [0.25, 0.3) is 0 Å². The number of aromatic nitrogens is 2. The van der Waals surface area contributed by atoms with Crippen LogP contribution in [0, 0.1) is 0 Å². The van der Waals surface area contributed by atoms with E-state index in [2.05, 4.69) is 34.6 Å². The average molecular weight is 237 g/mol. The van der Waals surface area contributed by atoms with E-state index in [0.717, 1.165) is 45.1 Å². The Balaban J connectivity index is 1.81. The lowest BCUT2D eigenvalue weighted by molar-refractivity contribution is 0.216. The van der Waals surface area contributed by atoms with Gasteiger partial charge in [-0.3, -0.25) is 4.68 Å². The van der Waals surface area contributed by atoms with Crippen LogP contribution in [0.3, 0.4) is 0 Å². The molecule has 0 unspecified atom stereocenters. The summed E-state index contributed by atoms with van der Waals surface area (Å²) in [6, 6.07) is 2.10. The Morgan fingerprint density at radius 2 is 2.18 bits per heavy atom. The Labute approximate surface area is 104 Å². The van der Waals surface area contributed by atoms with E-state index in [9.17, 15) is 0 Å². The first kappa shape index (κ1) is 12.4. The molecule has 0 N–H and O–H groups in total. The Morgan fingerprint density at radius 3 is 2.88 bits per heavy atom. The van der Waals surface area contributed by atoms with E-state index in [1.54, 1.807) is 0 Å². The van der Waals surface area contributed by atoms with Crippen molar-refractivity contribution in [2.45, 2.75) is 39.7 Å². The van der Waals surface area contributed by atoms with Gasteiger partial charge in [-0.1, -0.05) is 13.8 Å². The summed E-state index contributed by atoms with van der Waals surface area (Å²) in [6.45, 7) is 9.29. The fourth-order valence-corrected chi connectivity index (χ4v) is 2.28. The fraction of sp³-hybridized carbons (Fsp3) is 0.769. The predicted octanol–water partition coefficient (Wildman–Crippen LogP) is 1.94.